The van der Waals surface area contributed by atoms with Crippen LogP contribution in [0.25, 0.3) is 10.9 Å². The van der Waals surface area contributed by atoms with Gasteiger partial charge in [0.05, 0.1) is 12.2 Å². The van der Waals surface area contributed by atoms with Crippen molar-refractivity contribution in [1.29, 1.82) is 0 Å². The van der Waals surface area contributed by atoms with Crippen LogP contribution < -0.4 is 5.63 Å². The van der Waals surface area contributed by atoms with E-state index in [0.717, 1.165) is 51.9 Å². The first-order valence-electron chi connectivity index (χ1n) is 15.2. The van der Waals surface area contributed by atoms with Crippen LogP contribution in [0.15, 0.2) is 9.21 Å². The second kappa shape index (κ2) is 9.82. The van der Waals surface area contributed by atoms with Crippen LogP contribution in [0.3, 0.4) is 0 Å². The summed E-state index contributed by atoms with van der Waals surface area (Å²) in [5, 5.41) is 21.3. The van der Waals surface area contributed by atoms with Gasteiger partial charge in [0.1, 0.15) is 10.9 Å². The molecule has 40 heavy (non-hydrogen) atoms. The first-order chi connectivity index (χ1) is 18.9. The Morgan fingerprint density at radius 1 is 1.00 bits per heavy atom. The Balaban J connectivity index is 1.21. The molecule has 1 aromatic heterocycles. The Morgan fingerprint density at radius 2 is 1.75 bits per heavy atom. The Kier molecular flexibility index (Phi) is 6.93. The molecule has 6 rings (SSSR count). The van der Waals surface area contributed by atoms with E-state index >= 15 is 0 Å². The van der Waals surface area contributed by atoms with Gasteiger partial charge in [-0.1, -0.05) is 20.8 Å². The number of aliphatic hydroxyl groups excluding tert-OH is 2. The van der Waals surface area contributed by atoms with E-state index in [0.29, 0.717) is 30.1 Å². The van der Waals surface area contributed by atoms with E-state index in [1.54, 1.807) is 0 Å². The van der Waals surface area contributed by atoms with Crippen molar-refractivity contribution in [1.82, 2.24) is 4.98 Å². The first-order valence-corrected chi connectivity index (χ1v) is 15.2. The van der Waals surface area contributed by atoms with Crippen molar-refractivity contribution in [2.24, 2.45) is 46.3 Å². The normalized spacial score (nSPS) is 40.0. The van der Waals surface area contributed by atoms with E-state index in [4.69, 9.17) is 4.42 Å². The van der Waals surface area contributed by atoms with Crippen molar-refractivity contribution in [3.8, 4) is 0 Å². The number of rotatable bonds is 4. The quantitative estimate of drug-likeness (QED) is 0.418. The molecule has 10 atom stereocenters. The molecule has 0 spiro atoms. The molecule has 0 aliphatic heterocycles. The van der Waals surface area contributed by atoms with E-state index < -0.39 is 45.6 Å². The van der Waals surface area contributed by atoms with Gasteiger partial charge in [-0.05, 0) is 111 Å². The van der Waals surface area contributed by atoms with Crippen molar-refractivity contribution in [3.63, 3.8) is 0 Å². The molecule has 4 aliphatic carbocycles. The third-order valence-corrected chi connectivity index (χ3v) is 12.5. The average Bonchev–Trinajstić information content (AvgIpc) is 3.28. The zero-order valence-electron chi connectivity index (χ0n) is 24.0. The number of halogens is 3. The Hall–Kier alpha value is -1.93. The summed E-state index contributed by atoms with van der Waals surface area (Å²) in [5.74, 6) is -1.33. The number of benzene rings is 1. The largest absolute Gasteiger partial charge is 0.408 e. The molecule has 8 heteroatoms. The third-order valence-electron chi connectivity index (χ3n) is 12.5. The summed E-state index contributed by atoms with van der Waals surface area (Å²) in [6.07, 6.45) is 8.34. The summed E-state index contributed by atoms with van der Waals surface area (Å²) in [4.78, 5) is 16.6. The lowest BCUT2D eigenvalue weighted by Crippen LogP contribution is -2.58. The van der Waals surface area contributed by atoms with Crippen molar-refractivity contribution in [3.05, 3.63) is 39.3 Å². The van der Waals surface area contributed by atoms with Crippen LogP contribution in [0, 0.1) is 70.7 Å². The van der Waals surface area contributed by atoms with Crippen LogP contribution in [-0.2, 0) is 6.42 Å². The number of aliphatic hydroxyl groups is 2. The molecule has 0 bridgehead atoms. The van der Waals surface area contributed by atoms with E-state index in [-0.39, 0.29) is 41.1 Å². The second-order valence-electron chi connectivity index (χ2n) is 14.1. The number of aryl methyl sites for hydroxylation is 1. The maximum absolute atomic E-state index is 14.7. The molecule has 220 valence electrons. The first kappa shape index (κ1) is 28.2. The molecule has 4 saturated carbocycles. The topological polar surface area (TPSA) is 83.6 Å². The smallest absolute Gasteiger partial charge is 0.350 e. The maximum Gasteiger partial charge on any atom is 0.350 e. The fourth-order valence-corrected chi connectivity index (χ4v) is 10.2. The van der Waals surface area contributed by atoms with Gasteiger partial charge in [-0.2, -0.15) is 0 Å². The van der Waals surface area contributed by atoms with Gasteiger partial charge in [0, 0.05) is 12.0 Å². The molecular formula is C32H42F3NO4. The molecule has 1 heterocycles. The van der Waals surface area contributed by atoms with Gasteiger partial charge in [0.15, 0.2) is 23.3 Å². The van der Waals surface area contributed by atoms with Crippen LogP contribution >= 0.6 is 0 Å². The highest BCUT2D eigenvalue weighted by Gasteiger charge is 2.63. The standard InChI is InChI=1S/C32H42F3NO4/c1-15(5-10-24-36-29-25(30(39)40-24)28(35)26(33)16(2)27(29)34)20-8-9-21-19-7-6-17-13-18(37)11-12-31(17,3)22(19)14-23(38)32(20,21)4/h15,17-23,37-38H,5-14H2,1-4H3/t15-,17-,18-,19+,20-,21+,22?,23+,31+,32-/m1/s1. The van der Waals surface area contributed by atoms with Crippen molar-refractivity contribution in [2.75, 3.05) is 0 Å². The lowest BCUT2D eigenvalue weighted by atomic mass is 9.43. The molecule has 0 radical (unpaired) electrons. The van der Waals surface area contributed by atoms with Crippen LogP contribution in [0.2, 0.25) is 0 Å². The van der Waals surface area contributed by atoms with Crippen LogP contribution in [0.4, 0.5) is 13.2 Å². The molecule has 2 N–H and O–H groups in total. The molecule has 0 saturated heterocycles. The molecule has 4 aliphatic rings. The van der Waals surface area contributed by atoms with E-state index in [1.807, 2.05) is 0 Å². The molecule has 1 aromatic carbocycles. The van der Waals surface area contributed by atoms with E-state index in [1.165, 1.54) is 6.42 Å². The number of nitrogens with zero attached hydrogens (tertiary/aromatic N) is 1. The predicted molar refractivity (Wildman–Crippen MR) is 145 cm³/mol. The van der Waals surface area contributed by atoms with Gasteiger partial charge < -0.3 is 14.6 Å². The summed E-state index contributed by atoms with van der Waals surface area (Å²) in [5.41, 5.74) is -2.15. The predicted octanol–water partition coefficient (Wildman–Crippen LogP) is 6.47. The Bertz CT molecular complexity index is 1380. The van der Waals surface area contributed by atoms with Crippen molar-refractivity contribution < 1.29 is 27.8 Å². The van der Waals surface area contributed by atoms with Gasteiger partial charge in [0.25, 0.3) is 0 Å². The lowest BCUT2D eigenvalue weighted by molar-refractivity contribution is -0.174. The highest BCUT2D eigenvalue weighted by molar-refractivity contribution is 5.79. The average molecular weight is 562 g/mol. The van der Waals surface area contributed by atoms with Crippen LogP contribution in [-0.4, -0.2) is 27.4 Å². The number of aromatic nitrogens is 1. The minimum atomic E-state index is -1.43. The molecule has 4 fully saturated rings. The van der Waals surface area contributed by atoms with Crippen LogP contribution in [0.1, 0.15) is 90.0 Å². The molecule has 1 unspecified atom stereocenters. The monoisotopic (exact) mass is 561 g/mol. The summed E-state index contributed by atoms with van der Waals surface area (Å²) < 4.78 is 48.3. The molecule has 0 amide bonds. The number of fused-ring (bicyclic) bond motifs is 6. The maximum atomic E-state index is 14.7. The van der Waals surface area contributed by atoms with Gasteiger partial charge >= 0.3 is 5.63 Å². The zero-order chi connectivity index (χ0) is 28.7. The van der Waals surface area contributed by atoms with Crippen molar-refractivity contribution >= 4 is 10.9 Å². The zero-order valence-corrected chi connectivity index (χ0v) is 24.0. The van der Waals surface area contributed by atoms with Gasteiger partial charge in [-0.15, -0.1) is 0 Å². The SMILES string of the molecule is Cc1c(F)c(F)c2c(=O)oc(CC[C@@H](C)[C@H]3CC[C@H]4[C@@H]5CC[C@@H]6C[C@H](O)CC[C@]6(C)C5C[C@H](O)[C@]34C)nc2c1F. The van der Waals surface area contributed by atoms with Crippen LogP contribution in [0.5, 0.6) is 0 Å². The summed E-state index contributed by atoms with van der Waals surface area (Å²) in [6.45, 7) is 7.97. The van der Waals surface area contributed by atoms with Gasteiger partial charge in [-0.25, -0.2) is 22.9 Å². The minimum Gasteiger partial charge on any atom is -0.408 e. The summed E-state index contributed by atoms with van der Waals surface area (Å²) in [7, 11) is 0. The summed E-state index contributed by atoms with van der Waals surface area (Å²) >= 11 is 0. The fraction of sp³-hybridized carbons (Fsp3) is 0.750. The van der Waals surface area contributed by atoms with E-state index in [2.05, 4.69) is 25.8 Å². The molecule has 2 aromatic rings. The highest BCUT2D eigenvalue weighted by Crippen LogP contribution is 2.68. The lowest BCUT2D eigenvalue weighted by Gasteiger charge is -2.62. The summed E-state index contributed by atoms with van der Waals surface area (Å²) in [6, 6.07) is 0. The Morgan fingerprint density at radius 3 is 2.50 bits per heavy atom. The second-order valence-corrected chi connectivity index (χ2v) is 14.1. The number of hydrogen-bond donors (Lipinski definition) is 2. The minimum absolute atomic E-state index is 0.0170. The third kappa shape index (κ3) is 4.02. The van der Waals surface area contributed by atoms with Crippen molar-refractivity contribution in [2.45, 2.75) is 104 Å². The fourth-order valence-electron chi connectivity index (χ4n) is 10.2. The van der Waals surface area contributed by atoms with Gasteiger partial charge in [-0.3, -0.25) is 0 Å². The molecule has 5 nitrogen and oxygen atoms in total. The van der Waals surface area contributed by atoms with E-state index in [9.17, 15) is 28.2 Å². The molecular weight excluding hydrogens is 519 g/mol. The highest BCUT2D eigenvalue weighted by atomic mass is 19.2. The Labute approximate surface area is 233 Å². The van der Waals surface area contributed by atoms with Gasteiger partial charge in [0.2, 0.25) is 0 Å². The number of hydrogen-bond acceptors (Lipinski definition) is 5.